The number of carbonyl (C=O) groups excluding carboxylic acids is 1. The van der Waals surface area contributed by atoms with Crippen LogP contribution >= 0.6 is 0 Å². The summed E-state index contributed by atoms with van der Waals surface area (Å²) in [6.07, 6.45) is -4.72. The number of rotatable bonds is 5. The molecular formula is C13H16F4N2O. The number of carbonyl (C=O) groups is 1. The molecule has 7 heteroatoms. The quantitative estimate of drug-likeness (QED) is 0.845. The van der Waals surface area contributed by atoms with Gasteiger partial charge in [-0.25, -0.2) is 4.39 Å². The zero-order chi connectivity index (χ0) is 15.3. The van der Waals surface area contributed by atoms with Crippen molar-refractivity contribution in [3.8, 4) is 0 Å². The molecule has 0 spiro atoms. The monoisotopic (exact) mass is 292 g/mol. The minimum absolute atomic E-state index is 0.0169. The van der Waals surface area contributed by atoms with E-state index in [9.17, 15) is 22.4 Å². The van der Waals surface area contributed by atoms with Crippen LogP contribution in [0.15, 0.2) is 18.2 Å². The third-order valence-electron chi connectivity index (χ3n) is 2.84. The molecule has 1 rings (SSSR count). The lowest BCUT2D eigenvalue weighted by molar-refractivity contribution is -0.140. The smallest absolute Gasteiger partial charge is 0.345 e. The maximum atomic E-state index is 13.1. The van der Waals surface area contributed by atoms with Crippen LogP contribution in [0.2, 0.25) is 0 Å². The van der Waals surface area contributed by atoms with E-state index in [4.69, 9.17) is 0 Å². The Morgan fingerprint density at radius 2 is 2.00 bits per heavy atom. The van der Waals surface area contributed by atoms with Gasteiger partial charge in [-0.05, 0) is 24.6 Å². The summed E-state index contributed by atoms with van der Waals surface area (Å²) in [5, 5.41) is 2.73. The third-order valence-corrected chi connectivity index (χ3v) is 2.84. The van der Waals surface area contributed by atoms with Gasteiger partial charge in [0.2, 0.25) is 5.91 Å². The van der Waals surface area contributed by atoms with Gasteiger partial charge in [-0.3, -0.25) is 4.79 Å². The van der Waals surface area contributed by atoms with Gasteiger partial charge in [0.1, 0.15) is 5.82 Å². The van der Waals surface area contributed by atoms with Crippen molar-refractivity contribution in [1.82, 2.24) is 10.2 Å². The second-order valence-electron chi connectivity index (χ2n) is 4.32. The Kier molecular flexibility index (Phi) is 5.50. The highest BCUT2D eigenvalue weighted by atomic mass is 19.4. The average Bonchev–Trinajstić information content (AvgIpc) is 2.38. The molecule has 0 fully saturated rings. The van der Waals surface area contributed by atoms with Gasteiger partial charge in [-0.1, -0.05) is 6.07 Å². The molecule has 0 aliphatic rings. The van der Waals surface area contributed by atoms with Crippen LogP contribution in [0.25, 0.3) is 0 Å². The third kappa shape index (κ3) is 4.48. The minimum Gasteiger partial charge on any atom is -0.345 e. The fraction of sp³-hybridized carbons (Fsp3) is 0.462. The lowest BCUT2D eigenvalue weighted by Crippen LogP contribution is -2.35. The van der Waals surface area contributed by atoms with Gasteiger partial charge in [-0.2, -0.15) is 13.2 Å². The van der Waals surface area contributed by atoms with E-state index in [1.165, 1.54) is 11.0 Å². The van der Waals surface area contributed by atoms with Crippen LogP contribution in [0.4, 0.5) is 17.6 Å². The molecular weight excluding hydrogens is 276 g/mol. The van der Waals surface area contributed by atoms with E-state index < -0.39 is 17.6 Å². The SMILES string of the molecule is CCN(C)C(=O)CNCc1ccc(F)c(C(F)(F)F)c1. The molecule has 0 aromatic heterocycles. The molecule has 0 radical (unpaired) electrons. The Balaban J connectivity index is 2.64. The predicted octanol–water partition coefficient (Wildman–Crippen LogP) is 2.41. The number of nitrogens with zero attached hydrogens (tertiary/aromatic N) is 1. The summed E-state index contributed by atoms with van der Waals surface area (Å²) >= 11 is 0. The van der Waals surface area contributed by atoms with Crippen LogP contribution in [0, 0.1) is 5.82 Å². The summed E-state index contributed by atoms with van der Waals surface area (Å²) in [5.74, 6) is -1.46. The molecule has 1 N–H and O–H groups in total. The first-order valence-electron chi connectivity index (χ1n) is 6.06. The highest BCUT2D eigenvalue weighted by Gasteiger charge is 2.34. The Morgan fingerprint density at radius 3 is 2.55 bits per heavy atom. The lowest BCUT2D eigenvalue weighted by Gasteiger charge is -2.15. The maximum Gasteiger partial charge on any atom is 0.419 e. The first-order valence-corrected chi connectivity index (χ1v) is 6.06. The highest BCUT2D eigenvalue weighted by Crippen LogP contribution is 2.31. The molecule has 0 bridgehead atoms. The van der Waals surface area contributed by atoms with E-state index in [0.29, 0.717) is 6.54 Å². The van der Waals surface area contributed by atoms with Crippen molar-refractivity contribution in [2.75, 3.05) is 20.1 Å². The first kappa shape index (κ1) is 16.4. The zero-order valence-corrected chi connectivity index (χ0v) is 11.2. The number of amides is 1. The van der Waals surface area contributed by atoms with Crippen LogP contribution in [0.1, 0.15) is 18.1 Å². The molecule has 1 amide bonds. The van der Waals surface area contributed by atoms with Crippen molar-refractivity contribution >= 4 is 5.91 Å². The normalized spacial score (nSPS) is 11.5. The fourth-order valence-corrected chi connectivity index (χ4v) is 1.52. The molecule has 20 heavy (non-hydrogen) atoms. The van der Waals surface area contributed by atoms with E-state index in [2.05, 4.69) is 5.32 Å². The van der Waals surface area contributed by atoms with Crippen LogP contribution in [0.3, 0.4) is 0 Å². The van der Waals surface area contributed by atoms with E-state index in [1.807, 2.05) is 6.92 Å². The first-order chi connectivity index (χ1) is 9.25. The second-order valence-corrected chi connectivity index (χ2v) is 4.32. The molecule has 0 atom stereocenters. The highest BCUT2D eigenvalue weighted by molar-refractivity contribution is 5.77. The molecule has 3 nitrogen and oxygen atoms in total. The topological polar surface area (TPSA) is 32.3 Å². The van der Waals surface area contributed by atoms with Gasteiger partial charge < -0.3 is 10.2 Å². The van der Waals surface area contributed by atoms with Gasteiger partial charge in [0, 0.05) is 20.1 Å². The van der Waals surface area contributed by atoms with Crippen LogP contribution in [-0.4, -0.2) is 30.9 Å². The average molecular weight is 292 g/mol. The van der Waals surface area contributed by atoms with Crippen LogP contribution in [0.5, 0.6) is 0 Å². The molecule has 0 unspecified atom stereocenters. The van der Waals surface area contributed by atoms with Crippen LogP contribution < -0.4 is 5.32 Å². The van der Waals surface area contributed by atoms with E-state index in [0.717, 1.165) is 12.1 Å². The van der Waals surface area contributed by atoms with E-state index in [1.54, 1.807) is 7.05 Å². The molecule has 0 saturated carbocycles. The standard InChI is InChI=1S/C13H16F4N2O/c1-3-19(2)12(20)8-18-7-9-4-5-11(14)10(6-9)13(15,16)17/h4-6,18H,3,7-8H2,1-2H3. The van der Waals surface area contributed by atoms with Crippen molar-refractivity contribution in [1.29, 1.82) is 0 Å². The number of benzene rings is 1. The van der Waals surface area contributed by atoms with Gasteiger partial charge in [0.25, 0.3) is 0 Å². The lowest BCUT2D eigenvalue weighted by atomic mass is 10.1. The van der Waals surface area contributed by atoms with Crippen molar-refractivity contribution in [3.05, 3.63) is 35.1 Å². The molecule has 0 aliphatic carbocycles. The van der Waals surface area contributed by atoms with Crippen molar-refractivity contribution in [2.45, 2.75) is 19.6 Å². The molecule has 112 valence electrons. The Hall–Kier alpha value is -1.63. The maximum absolute atomic E-state index is 13.1. The Labute approximate surface area is 114 Å². The molecule has 0 saturated heterocycles. The molecule has 1 aromatic carbocycles. The number of halogens is 4. The van der Waals surface area contributed by atoms with Crippen molar-refractivity contribution in [3.63, 3.8) is 0 Å². The number of alkyl halides is 3. The number of likely N-dealkylation sites (N-methyl/N-ethyl adjacent to an activating group) is 1. The summed E-state index contributed by atoms with van der Waals surface area (Å²) in [5.41, 5.74) is -1.03. The minimum atomic E-state index is -4.72. The summed E-state index contributed by atoms with van der Waals surface area (Å²) in [7, 11) is 1.63. The summed E-state index contributed by atoms with van der Waals surface area (Å²) < 4.78 is 50.6. The number of nitrogens with one attached hydrogen (secondary N) is 1. The largest absolute Gasteiger partial charge is 0.419 e. The summed E-state index contributed by atoms with van der Waals surface area (Å²) in [6, 6.07) is 2.78. The van der Waals surface area contributed by atoms with Crippen LogP contribution in [-0.2, 0) is 17.5 Å². The Morgan fingerprint density at radius 1 is 1.35 bits per heavy atom. The van der Waals surface area contributed by atoms with E-state index >= 15 is 0 Å². The van der Waals surface area contributed by atoms with Gasteiger partial charge in [0.05, 0.1) is 12.1 Å². The Bertz CT molecular complexity index is 474. The van der Waals surface area contributed by atoms with Gasteiger partial charge in [-0.15, -0.1) is 0 Å². The molecule has 1 aromatic rings. The summed E-state index contributed by atoms with van der Waals surface area (Å²) in [6.45, 7) is 2.44. The van der Waals surface area contributed by atoms with Gasteiger partial charge in [0.15, 0.2) is 0 Å². The zero-order valence-electron chi connectivity index (χ0n) is 11.2. The summed E-state index contributed by atoms with van der Waals surface area (Å²) in [4.78, 5) is 13.0. The molecule has 0 heterocycles. The fourth-order valence-electron chi connectivity index (χ4n) is 1.52. The number of hydrogen-bond acceptors (Lipinski definition) is 2. The predicted molar refractivity (Wildman–Crippen MR) is 66.4 cm³/mol. The van der Waals surface area contributed by atoms with Crippen molar-refractivity contribution in [2.24, 2.45) is 0 Å². The molecule has 0 aliphatic heterocycles. The van der Waals surface area contributed by atoms with Crippen molar-refractivity contribution < 1.29 is 22.4 Å². The van der Waals surface area contributed by atoms with E-state index in [-0.39, 0.29) is 24.6 Å². The number of hydrogen-bond donors (Lipinski definition) is 1. The van der Waals surface area contributed by atoms with Gasteiger partial charge >= 0.3 is 6.18 Å². The second kappa shape index (κ2) is 6.69.